The third kappa shape index (κ3) is 8.26. The lowest BCUT2D eigenvalue weighted by Gasteiger charge is -2.30. The van der Waals surface area contributed by atoms with Crippen molar-refractivity contribution in [3.63, 3.8) is 0 Å². The van der Waals surface area contributed by atoms with Crippen molar-refractivity contribution in [1.82, 2.24) is 0 Å². The molecule has 0 amide bonds. The highest BCUT2D eigenvalue weighted by Gasteiger charge is 2.37. The minimum absolute atomic E-state index is 0.243. The van der Waals surface area contributed by atoms with E-state index in [1.54, 1.807) is 0 Å². The van der Waals surface area contributed by atoms with Crippen LogP contribution in [0, 0.1) is 5.92 Å². The van der Waals surface area contributed by atoms with Crippen molar-refractivity contribution in [2.45, 2.75) is 63.8 Å². The molecule has 0 aromatic rings. The number of carboxylic acid groups (broad SMARTS) is 2. The topological polar surface area (TPSA) is 172 Å². The molecule has 10 heteroatoms. The summed E-state index contributed by atoms with van der Waals surface area (Å²) in [5.74, 6) is -4.50. The van der Waals surface area contributed by atoms with Crippen molar-refractivity contribution in [3.8, 4) is 0 Å². The number of rotatable bonds is 14. The summed E-state index contributed by atoms with van der Waals surface area (Å²) >= 11 is 0. The minimum Gasteiger partial charge on any atom is -0.481 e. The summed E-state index contributed by atoms with van der Waals surface area (Å²) in [4.78, 5) is 27.9. The van der Waals surface area contributed by atoms with Crippen molar-refractivity contribution in [2.75, 3.05) is 6.54 Å². The number of carbonyl (C=O) groups is 2. The molecule has 0 aliphatic rings. The molecule has 0 spiro atoms. The van der Waals surface area contributed by atoms with E-state index in [2.05, 4.69) is 20.1 Å². The van der Waals surface area contributed by atoms with Crippen LogP contribution in [0.2, 0.25) is 0 Å². The molecule has 0 heterocycles. The monoisotopic (exact) mass is 340 g/mol. The highest BCUT2D eigenvalue weighted by molar-refractivity contribution is 5.92. The van der Waals surface area contributed by atoms with Crippen molar-refractivity contribution >= 4 is 11.9 Å². The number of carboxylic acids is 2. The molecule has 0 aliphatic heterocycles. The Bertz CT molecular complexity index is 499. The molecule has 0 saturated carbocycles. The Morgan fingerprint density at radius 3 is 2.08 bits per heavy atom. The minimum atomic E-state index is -1.62. The van der Waals surface area contributed by atoms with E-state index < -0.39 is 23.4 Å². The van der Waals surface area contributed by atoms with Gasteiger partial charge in [-0.1, -0.05) is 42.8 Å². The van der Waals surface area contributed by atoms with Gasteiger partial charge in [-0.15, -0.1) is 0 Å². The summed E-state index contributed by atoms with van der Waals surface area (Å²) in [6, 6.07) is 0. The first-order valence-electron chi connectivity index (χ1n) is 7.95. The quantitative estimate of drug-likeness (QED) is 0.158. The Hall–Kier alpha value is -2.44. The van der Waals surface area contributed by atoms with Gasteiger partial charge in [0.25, 0.3) is 0 Å². The van der Waals surface area contributed by atoms with Crippen LogP contribution >= 0.6 is 0 Å². The Morgan fingerprint density at radius 2 is 1.62 bits per heavy atom. The standard InChI is InChI=1S/C14H24N6O4/c1-2-3-4-7-14(18-20-16,8-5-6-9-17-19-15)10-11(12(21)22)13(23)24/h11H,2-10H2,1H3,(H,21,22)(H,23,24). The van der Waals surface area contributed by atoms with Crippen LogP contribution in [-0.2, 0) is 9.59 Å². The maximum atomic E-state index is 11.2. The fraction of sp³-hybridized carbons (Fsp3) is 0.857. The molecular weight excluding hydrogens is 316 g/mol. The van der Waals surface area contributed by atoms with Crippen LogP contribution in [0.3, 0.4) is 0 Å². The lowest BCUT2D eigenvalue weighted by molar-refractivity contribution is -0.155. The largest absolute Gasteiger partial charge is 0.481 e. The summed E-state index contributed by atoms with van der Waals surface area (Å²) in [5, 5.41) is 25.5. The zero-order valence-electron chi connectivity index (χ0n) is 13.8. The second kappa shape index (κ2) is 12.0. The summed E-state index contributed by atoms with van der Waals surface area (Å²) in [6.45, 7) is 2.30. The number of aliphatic carboxylic acids is 2. The number of unbranched alkanes of at least 4 members (excludes halogenated alkanes) is 3. The first-order valence-corrected chi connectivity index (χ1v) is 7.95. The number of hydrogen-bond acceptors (Lipinski definition) is 4. The van der Waals surface area contributed by atoms with E-state index in [0.717, 1.165) is 19.3 Å². The number of hydrogen-bond donors (Lipinski definition) is 2. The van der Waals surface area contributed by atoms with Gasteiger partial charge in [0.2, 0.25) is 0 Å². The predicted molar refractivity (Wildman–Crippen MR) is 87.3 cm³/mol. The number of nitrogens with zero attached hydrogens (tertiary/aromatic N) is 6. The molecule has 0 bridgehead atoms. The molecule has 134 valence electrons. The van der Waals surface area contributed by atoms with E-state index in [1.807, 2.05) is 6.92 Å². The van der Waals surface area contributed by atoms with Crippen LogP contribution in [0.25, 0.3) is 20.9 Å². The Kier molecular flexibility index (Phi) is 10.8. The van der Waals surface area contributed by atoms with E-state index in [9.17, 15) is 9.59 Å². The maximum absolute atomic E-state index is 11.2. The zero-order chi connectivity index (χ0) is 18.4. The van der Waals surface area contributed by atoms with Gasteiger partial charge in [0.05, 0.1) is 5.54 Å². The van der Waals surface area contributed by atoms with Gasteiger partial charge in [0.1, 0.15) is 0 Å². The molecule has 0 aromatic carbocycles. The molecule has 24 heavy (non-hydrogen) atoms. The fourth-order valence-corrected chi connectivity index (χ4v) is 2.61. The average molecular weight is 340 g/mol. The number of azide groups is 2. The third-order valence-corrected chi connectivity index (χ3v) is 3.90. The van der Waals surface area contributed by atoms with Crippen molar-refractivity contribution in [3.05, 3.63) is 20.9 Å². The second-order valence-corrected chi connectivity index (χ2v) is 5.72. The molecular formula is C14H24N6O4. The smallest absolute Gasteiger partial charge is 0.317 e. The molecule has 1 atom stereocenters. The highest BCUT2D eigenvalue weighted by Crippen LogP contribution is 2.34. The van der Waals surface area contributed by atoms with Gasteiger partial charge in [0.15, 0.2) is 5.92 Å². The van der Waals surface area contributed by atoms with Gasteiger partial charge in [-0.2, -0.15) is 0 Å². The highest BCUT2D eigenvalue weighted by atomic mass is 16.4. The molecule has 2 N–H and O–H groups in total. The van der Waals surface area contributed by atoms with Crippen LogP contribution in [0.5, 0.6) is 0 Å². The Balaban J connectivity index is 5.23. The lowest BCUT2D eigenvalue weighted by atomic mass is 9.80. The van der Waals surface area contributed by atoms with Crippen LogP contribution in [-0.4, -0.2) is 34.2 Å². The fourth-order valence-electron chi connectivity index (χ4n) is 2.61. The van der Waals surface area contributed by atoms with Gasteiger partial charge in [-0.3, -0.25) is 9.59 Å². The van der Waals surface area contributed by atoms with Gasteiger partial charge in [-0.25, -0.2) is 0 Å². The van der Waals surface area contributed by atoms with Crippen molar-refractivity contribution in [1.29, 1.82) is 0 Å². The molecule has 0 aliphatic carbocycles. The lowest BCUT2D eigenvalue weighted by Crippen LogP contribution is -2.36. The van der Waals surface area contributed by atoms with E-state index >= 15 is 0 Å². The Morgan fingerprint density at radius 1 is 1.04 bits per heavy atom. The molecule has 0 fully saturated rings. The zero-order valence-corrected chi connectivity index (χ0v) is 13.8. The van der Waals surface area contributed by atoms with Crippen LogP contribution in [0.15, 0.2) is 10.2 Å². The normalized spacial score (nSPS) is 12.8. The summed E-state index contributed by atoms with van der Waals surface area (Å²) in [6.07, 6.45) is 4.20. The van der Waals surface area contributed by atoms with Gasteiger partial charge in [0, 0.05) is 16.4 Å². The van der Waals surface area contributed by atoms with E-state index in [4.69, 9.17) is 21.3 Å². The second-order valence-electron chi connectivity index (χ2n) is 5.72. The van der Waals surface area contributed by atoms with Crippen LogP contribution in [0.1, 0.15) is 58.3 Å². The van der Waals surface area contributed by atoms with Crippen molar-refractivity contribution < 1.29 is 19.8 Å². The van der Waals surface area contributed by atoms with Crippen LogP contribution in [0.4, 0.5) is 0 Å². The van der Waals surface area contributed by atoms with Gasteiger partial charge >= 0.3 is 11.9 Å². The first-order chi connectivity index (χ1) is 11.4. The molecule has 10 nitrogen and oxygen atoms in total. The molecule has 0 aromatic heterocycles. The van der Waals surface area contributed by atoms with Crippen molar-refractivity contribution in [2.24, 2.45) is 16.1 Å². The first kappa shape index (κ1) is 21.6. The third-order valence-electron chi connectivity index (χ3n) is 3.90. The van der Waals surface area contributed by atoms with E-state index in [1.165, 1.54) is 0 Å². The molecule has 0 radical (unpaired) electrons. The van der Waals surface area contributed by atoms with E-state index in [0.29, 0.717) is 32.2 Å². The van der Waals surface area contributed by atoms with Gasteiger partial charge < -0.3 is 10.2 Å². The summed E-state index contributed by atoms with van der Waals surface area (Å²) < 4.78 is 0. The predicted octanol–water partition coefficient (Wildman–Crippen LogP) is 4.27. The SMILES string of the molecule is CCCCCC(CCCCN=[N+]=[N-])(CC(C(=O)O)C(=O)O)N=[N+]=[N-]. The molecule has 1 unspecified atom stereocenters. The van der Waals surface area contributed by atoms with Crippen LogP contribution < -0.4 is 0 Å². The molecule has 0 saturated heterocycles. The van der Waals surface area contributed by atoms with E-state index in [-0.39, 0.29) is 6.42 Å². The average Bonchev–Trinajstić information content (AvgIpc) is 2.52. The maximum Gasteiger partial charge on any atom is 0.317 e. The summed E-state index contributed by atoms with van der Waals surface area (Å²) in [5.41, 5.74) is 16.1. The summed E-state index contributed by atoms with van der Waals surface area (Å²) in [7, 11) is 0. The Labute approximate surface area is 140 Å². The van der Waals surface area contributed by atoms with Gasteiger partial charge in [-0.05, 0) is 36.7 Å². The molecule has 0 rings (SSSR count).